The van der Waals surface area contributed by atoms with Gasteiger partial charge in [0.1, 0.15) is 0 Å². The lowest BCUT2D eigenvalue weighted by atomic mass is 9.83. The Bertz CT molecular complexity index is 2490. The summed E-state index contributed by atoms with van der Waals surface area (Å²) in [5.74, 6) is 0. The number of benzene rings is 7. The molecule has 0 fully saturated rings. The Labute approximate surface area is 294 Å². The van der Waals surface area contributed by atoms with E-state index in [-0.39, 0.29) is 5.41 Å². The van der Waals surface area contributed by atoms with Crippen molar-refractivity contribution in [2.75, 3.05) is 9.80 Å². The first-order valence-electron chi connectivity index (χ1n) is 17.3. The fourth-order valence-electron chi connectivity index (χ4n) is 7.88. The van der Waals surface area contributed by atoms with Crippen LogP contribution in [0.5, 0.6) is 0 Å². The Balaban J connectivity index is 1.29. The van der Waals surface area contributed by atoms with Gasteiger partial charge in [0.2, 0.25) is 0 Å². The van der Waals surface area contributed by atoms with E-state index in [1.54, 1.807) is 0 Å². The molecule has 0 aromatic heterocycles. The van der Waals surface area contributed by atoms with E-state index in [1.165, 1.54) is 49.4 Å². The normalized spacial score (nSPS) is 12.7. The summed E-state index contributed by atoms with van der Waals surface area (Å²) in [6, 6.07) is 65.9. The lowest BCUT2D eigenvalue weighted by Gasteiger charge is -2.30. The number of aryl methyl sites for hydroxylation is 1. The molecule has 0 saturated carbocycles. The Morgan fingerprint density at radius 3 is 1.88 bits per heavy atom. The van der Waals surface area contributed by atoms with Crippen molar-refractivity contribution in [3.05, 3.63) is 193 Å². The third-order valence-corrected chi connectivity index (χ3v) is 10.4. The van der Waals surface area contributed by atoms with Gasteiger partial charge >= 0.3 is 0 Å². The van der Waals surface area contributed by atoms with Gasteiger partial charge in [-0.25, -0.2) is 0 Å². The van der Waals surface area contributed by atoms with Crippen LogP contribution in [0, 0.1) is 19.1 Å². The quantitative estimate of drug-likeness (QED) is 0.167. The van der Waals surface area contributed by atoms with Gasteiger partial charge in [-0.3, -0.25) is 0 Å². The number of fused-ring (bicyclic) bond motifs is 6. The van der Waals surface area contributed by atoms with Crippen LogP contribution in [-0.4, -0.2) is 0 Å². The topological polar surface area (TPSA) is 6.48 Å². The second-order valence-corrected chi connectivity index (χ2v) is 13.7. The molecule has 0 bridgehead atoms. The van der Waals surface area contributed by atoms with Gasteiger partial charge in [-0.1, -0.05) is 117 Å². The average molecular weight is 641 g/mol. The second-order valence-electron chi connectivity index (χ2n) is 13.7. The van der Waals surface area contributed by atoms with E-state index in [0.29, 0.717) is 0 Å². The van der Waals surface area contributed by atoms with Gasteiger partial charge in [0.25, 0.3) is 0 Å². The molecule has 1 aliphatic carbocycles. The predicted molar refractivity (Wildman–Crippen MR) is 211 cm³/mol. The summed E-state index contributed by atoms with van der Waals surface area (Å²) in [7, 11) is 0. The highest BCUT2D eigenvalue weighted by molar-refractivity contribution is 6.15. The molecule has 0 unspecified atom stereocenters. The molecule has 9 rings (SSSR count). The summed E-state index contributed by atoms with van der Waals surface area (Å²) in [6.45, 7) is 6.81. The largest absolute Gasteiger partial charge is 0.310 e. The summed E-state index contributed by atoms with van der Waals surface area (Å²) >= 11 is 0. The Morgan fingerprint density at radius 2 is 1.12 bits per heavy atom. The summed E-state index contributed by atoms with van der Waals surface area (Å²) in [5.41, 5.74) is 12.9. The van der Waals surface area contributed by atoms with Crippen molar-refractivity contribution >= 4 is 55.7 Å². The highest BCUT2D eigenvalue weighted by atomic mass is 15.2. The number of hydrogen-bond acceptors (Lipinski definition) is 2. The van der Waals surface area contributed by atoms with Crippen molar-refractivity contribution in [3.63, 3.8) is 0 Å². The lowest BCUT2D eigenvalue weighted by molar-refractivity contribution is 0.661. The first kappa shape index (κ1) is 29.8. The first-order valence-corrected chi connectivity index (χ1v) is 17.3. The highest BCUT2D eigenvalue weighted by Crippen LogP contribution is 2.51. The Hall–Kier alpha value is -6.30. The molecule has 0 N–H and O–H groups in total. The van der Waals surface area contributed by atoms with Crippen LogP contribution in [-0.2, 0) is 5.41 Å². The van der Waals surface area contributed by atoms with E-state index >= 15 is 0 Å². The zero-order valence-corrected chi connectivity index (χ0v) is 28.5. The van der Waals surface area contributed by atoms with Crippen LogP contribution in [0.4, 0.5) is 34.1 Å². The standard InChI is InChI=1S/C48H36N2/c1-33-16-10-15-25-46(33)50(38-26-28-41-40-23-13-14-24-44(40)48(2,3)45(41)32-38)37-27-29-42-43(31-37)39-22-12-11-17-34(39)30-47(42)49(35-18-6-4-7-19-35)36-20-8-5-9-21-36/h4-13,15-23,25-32H,1-3H3. The van der Waals surface area contributed by atoms with Crippen LogP contribution in [0.15, 0.2) is 164 Å². The van der Waals surface area contributed by atoms with Crippen LogP contribution < -0.4 is 9.80 Å². The van der Waals surface area contributed by atoms with E-state index < -0.39 is 0 Å². The first-order chi connectivity index (χ1) is 24.5. The van der Waals surface area contributed by atoms with Crippen molar-refractivity contribution in [3.8, 4) is 11.1 Å². The van der Waals surface area contributed by atoms with Crippen LogP contribution in [0.2, 0.25) is 0 Å². The van der Waals surface area contributed by atoms with E-state index in [0.717, 1.165) is 34.1 Å². The van der Waals surface area contributed by atoms with Crippen LogP contribution in [0.3, 0.4) is 0 Å². The summed E-state index contributed by atoms with van der Waals surface area (Å²) in [6.07, 6.45) is 0. The van der Waals surface area contributed by atoms with Crippen LogP contribution in [0.1, 0.15) is 30.5 Å². The molecule has 0 atom stereocenters. The minimum Gasteiger partial charge on any atom is -0.310 e. The molecular weight excluding hydrogens is 605 g/mol. The molecular formula is C48H36N2. The summed E-state index contributed by atoms with van der Waals surface area (Å²) in [5, 5.41) is 4.85. The number of anilines is 6. The maximum absolute atomic E-state index is 3.44. The fraction of sp³-hybridized carbons (Fsp3) is 0.0833. The number of para-hydroxylation sites is 3. The lowest BCUT2D eigenvalue weighted by Crippen LogP contribution is -2.16. The summed E-state index contributed by atoms with van der Waals surface area (Å²) in [4.78, 5) is 4.81. The molecule has 2 nitrogen and oxygen atoms in total. The van der Waals surface area contributed by atoms with Gasteiger partial charge in [0.15, 0.2) is 0 Å². The molecule has 0 aliphatic heterocycles. The van der Waals surface area contributed by atoms with E-state index in [1.807, 2.05) is 6.07 Å². The van der Waals surface area contributed by atoms with Crippen molar-refractivity contribution in [1.29, 1.82) is 0 Å². The van der Waals surface area contributed by atoms with E-state index in [2.05, 4.69) is 200 Å². The maximum atomic E-state index is 3.44. The molecule has 8 aromatic carbocycles. The zero-order valence-electron chi connectivity index (χ0n) is 28.5. The van der Waals surface area contributed by atoms with Gasteiger partial charge in [0.05, 0.1) is 5.69 Å². The molecule has 50 heavy (non-hydrogen) atoms. The fourth-order valence-corrected chi connectivity index (χ4v) is 7.88. The molecule has 0 heterocycles. The van der Waals surface area contributed by atoms with Gasteiger partial charge < -0.3 is 9.80 Å². The minimum absolute atomic E-state index is 0.178. The highest BCUT2D eigenvalue weighted by Gasteiger charge is 2.36. The molecule has 1 aliphatic rings. The molecule has 238 valence electrons. The molecule has 0 radical (unpaired) electrons. The number of rotatable bonds is 6. The van der Waals surface area contributed by atoms with Gasteiger partial charge in [-0.05, 0) is 118 Å². The molecule has 0 saturated heterocycles. The SMILES string of the molecule is Cc1ccccc1N(c1ccc2c(c1)C(C)(C)c1c#cccc1-2)c1ccc2c(N(c3ccccc3)c3ccccc3)cc3ccccc3c2c1. The van der Waals surface area contributed by atoms with Crippen molar-refractivity contribution in [2.24, 2.45) is 0 Å². The molecule has 2 heteroatoms. The average Bonchev–Trinajstić information content (AvgIpc) is 3.39. The van der Waals surface area contributed by atoms with E-state index in [4.69, 9.17) is 0 Å². The van der Waals surface area contributed by atoms with Crippen LogP contribution in [0.25, 0.3) is 32.7 Å². The zero-order chi connectivity index (χ0) is 33.8. The minimum atomic E-state index is -0.178. The third-order valence-electron chi connectivity index (χ3n) is 10.4. The van der Waals surface area contributed by atoms with Gasteiger partial charge in [0, 0.05) is 44.8 Å². The third kappa shape index (κ3) is 4.74. The van der Waals surface area contributed by atoms with Crippen molar-refractivity contribution < 1.29 is 0 Å². The van der Waals surface area contributed by atoms with Crippen molar-refractivity contribution in [1.82, 2.24) is 0 Å². The Kier molecular flexibility index (Phi) is 6.97. The van der Waals surface area contributed by atoms with Crippen LogP contribution >= 0.6 is 0 Å². The second kappa shape index (κ2) is 11.7. The Morgan fingerprint density at radius 1 is 0.480 bits per heavy atom. The van der Waals surface area contributed by atoms with Crippen molar-refractivity contribution in [2.45, 2.75) is 26.2 Å². The monoisotopic (exact) mass is 640 g/mol. The molecule has 0 amide bonds. The molecule has 0 spiro atoms. The van der Waals surface area contributed by atoms with E-state index in [9.17, 15) is 0 Å². The molecule has 8 aromatic rings. The van der Waals surface area contributed by atoms with Gasteiger partial charge in [-0.15, -0.1) is 0 Å². The summed E-state index contributed by atoms with van der Waals surface area (Å²) < 4.78 is 0. The predicted octanol–water partition coefficient (Wildman–Crippen LogP) is 13.1. The van der Waals surface area contributed by atoms with Gasteiger partial charge in [-0.2, -0.15) is 0 Å². The maximum Gasteiger partial charge on any atom is 0.0546 e. The number of nitrogens with zero attached hydrogens (tertiary/aromatic N) is 2. The smallest absolute Gasteiger partial charge is 0.0546 e. The number of hydrogen-bond donors (Lipinski definition) is 0.